The van der Waals surface area contributed by atoms with E-state index in [4.69, 9.17) is 28.8 Å². The summed E-state index contributed by atoms with van der Waals surface area (Å²) in [6, 6.07) is 0. The van der Waals surface area contributed by atoms with E-state index in [2.05, 4.69) is 11.6 Å². The molecule has 3 rings (SSSR count). The Labute approximate surface area is 174 Å². The molecule has 0 aromatic rings. The third-order valence-corrected chi connectivity index (χ3v) is 6.35. The Morgan fingerprint density at radius 1 is 1.53 bits per heavy atom. The van der Waals surface area contributed by atoms with Crippen molar-refractivity contribution in [2.45, 2.75) is 58.2 Å². The molecule has 2 fully saturated rings. The van der Waals surface area contributed by atoms with E-state index in [0.717, 1.165) is 0 Å². The maximum Gasteiger partial charge on any atom is 0.478 e. The maximum absolute atomic E-state index is 15.4. The predicted molar refractivity (Wildman–Crippen MR) is 104 cm³/mol. The van der Waals surface area contributed by atoms with Gasteiger partial charge in [-0.25, -0.2) is 18.5 Å². The number of amidine groups is 1. The topological polar surface area (TPSA) is 122 Å². The van der Waals surface area contributed by atoms with Gasteiger partial charge in [-0.15, -0.1) is 0 Å². The fourth-order valence-electron chi connectivity index (χ4n) is 3.18. The van der Waals surface area contributed by atoms with E-state index in [0.29, 0.717) is 6.42 Å². The summed E-state index contributed by atoms with van der Waals surface area (Å²) >= 11 is 0. The number of esters is 1. The zero-order valence-corrected chi connectivity index (χ0v) is 18.3. The first-order valence-corrected chi connectivity index (χ1v) is 10.9. The van der Waals surface area contributed by atoms with Crippen LogP contribution in [0.15, 0.2) is 29.7 Å². The smallest absolute Gasteiger partial charge is 0.437 e. The lowest BCUT2D eigenvalue weighted by atomic mass is 9.94. The van der Waals surface area contributed by atoms with Gasteiger partial charge in [0.15, 0.2) is 12.4 Å². The van der Waals surface area contributed by atoms with Crippen molar-refractivity contribution >= 4 is 19.6 Å². The molecule has 0 saturated carbocycles. The van der Waals surface area contributed by atoms with Gasteiger partial charge in [0, 0.05) is 6.20 Å². The molecule has 5 atom stereocenters. The fourth-order valence-corrected chi connectivity index (χ4v) is 4.53. The van der Waals surface area contributed by atoms with Crippen LogP contribution in [0.3, 0.4) is 0 Å². The highest BCUT2D eigenvalue weighted by atomic mass is 31.2. The van der Waals surface area contributed by atoms with Crippen molar-refractivity contribution in [1.82, 2.24) is 4.90 Å². The van der Waals surface area contributed by atoms with Crippen molar-refractivity contribution in [1.29, 1.82) is 0 Å². The molecule has 0 radical (unpaired) electrons. The molecule has 3 heterocycles. The van der Waals surface area contributed by atoms with Gasteiger partial charge in [-0.2, -0.15) is 0 Å². The Morgan fingerprint density at radius 2 is 2.23 bits per heavy atom. The zero-order valence-electron chi connectivity index (χ0n) is 17.4. The number of fused-ring (bicyclic) bond motifs is 1. The number of rotatable bonds is 5. The lowest BCUT2D eigenvalue weighted by molar-refractivity contribution is -0.168. The van der Waals surface area contributed by atoms with Crippen molar-refractivity contribution in [2.24, 2.45) is 16.1 Å². The Hall–Kier alpha value is -1.78. The second kappa shape index (κ2) is 8.05. The number of nitrogens with zero attached hydrogens (tertiary/aromatic N) is 2. The van der Waals surface area contributed by atoms with Crippen LogP contribution in [-0.4, -0.2) is 54.2 Å². The third kappa shape index (κ3) is 4.31. The average molecular weight is 447 g/mol. The third-order valence-electron chi connectivity index (χ3n) is 4.99. The van der Waals surface area contributed by atoms with Crippen LogP contribution >= 0.6 is 7.82 Å². The SMILES string of the molecule is C=C1N=C(N)C=CN1[C@@H]1O[C@]2(CC)COP(=O)(OCOC(=O)C(C)(C)C)OC2[C@H]1F. The first-order chi connectivity index (χ1) is 13.9. The highest BCUT2D eigenvalue weighted by Gasteiger charge is 2.63. The molecular weight excluding hydrogens is 420 g/mol. The number of aliphatic imine (C=N–C) groups is 1. The van der Waals surface area contributed by atoms with Gasteiger partial charge in [0.2, 0.25) is 6.79 Å². The molecule has 2 N–H and O–H groups in total. The van der Waals surface area contributed by atoms with Gasteiger partial charge in [-0.3, -0.25) is 13.8 Å². The minimum Gasteiger partial charge on any atom is -0.437 e. The average Bonchev–Trinajstić information content (AvgIpc) is 2.94. The van der Waals surface area contributed by atoms with Crippen LogP contribution in [0.25, 0.3) is 0 Å². The molecule has 3 aliphatic heterocycles. The zero-order chi connectivity index (χ0) is 22.3. The van der Waals surface area contributed by atoms with Crippen LogP contribution in [0.5, 0.6) is 0 Å². The van der Waals surface area contributed by atoms with Gasteiger partial charge in [-0.05, 0) is 33.3 Å². The molecule has 0 aliphatic carbocycles. The first-order valence-electron chi connectivity index (χ1n) is 9.47. The molecule has 2 unspecified atom stereocenters. The summed E-state index contributed by atoms with van der Waals surface area (Å²) in [6.45, 7) is 9.62. The normalized spacial score (nSPS) is 36.4. The monoisotopic (exact) mass is 447 g/mol. The van der Waals surface area contributed by atoms with E-state index >= 15 is 4.39 Å². The number of halogens is 1. The van der Waals surface area contributed by atoms with Crippen LogP contribution < -0.4 is 5.73 Å². The van der Waals surface area contributed by atoms with Crippen LogP contribution in [0.1, 0.15) is 34.1 Å². The molecule has 0 bridgehead atoms. The van der Waals surface area contributed by atoms with Gasteiger partial charge in [0.25, 0.3) is 0 Å². The molecule has 0 aromatic carbocycles. The van der Waals surface area contributed by atoms with Crippen LogP contribution in [0.2, 0.25) is 0 Å². The molecule has 0 amide bonds. The fraction of sp³-hybridized carbons (Fsp3) is 0.667. The van der Waals surface area contributed by atoms with Crippen molar-refractivity contribution in [3.05, 3.63) is 24.7 Å². The maximum atomic E-state index is 15.4. The Kier molecular flexibility index (Phi) is 6.14. The number of hydrogen-bond donors (Lipinski definition) is 1. The number of hydrogen-bond acceptors (Lipinski definition) is 10. The van der Waals surface area contributed by atoms with Gasteiger partial charge in [-0.1, -0.05) is 13.5 Å². The number of nitrogens with two attached hydrogens (primary N) is 1. The van der Waals surface area contributed by atoms with Crippen LogP contribution in [0.4, 0.5) is 4.39 Å². The minimum atomic E-state index is -4.18. The largest absolute Gasteiger partial charge is 0.478 e. The van der Waals surface area contributed by atoms with Crippen molar-refractivity contribution in [2.75, 3.05) is 13.4 Å². The Bertz CT molecular complexity index is 827. The van der Waals surface area contributed by atoms with E-state index in [1.807, 2.05) is 0 Å². The van der Waals surface area contributed by atoms with E-state index in [9.17, 15) is 9.36 Å². The van der Waals surface area contributed by atoms with E-state index in [1.165, 1.54) is 17.2 Å². The summed E-state index contributed by atoms with van der Waals surface area (Å²) < 4.78 is 54.9. The molecule has 3 aliphatic rings. The quantitative estimate of drug-likeness (QED) is 0.385. The van der Waals surface area contributed by atoms with Crippen molar-refractivity contribution < 1.29 is 36.8 Å². The van der Waals surface area contributed by atoms with Crippen molar-refractivity contribution in [3.63, 3.8) is 0 Å². The van der Waals surface area contributed by atoms with Crippen LogP contribution in [0, 0.1) is 5.41 Å². The lowest BCUT2D eigenvalue weighted by Crippen LogP contribution is -2.50. The van der Waals surface area contributed by atoms with E-state index < -0.39 is 50.1 Å². The highest BCUT2D eigenvalue weighted by molar-refractivity contribution is 7.48. The second-order valence-electron chi connectivity index (χ2n) is 8.22. The molecule has 30 heavy (non-hydrogen) atoms. The molecular formula is C18H27FN3O7P. The second-order valence-corrected chi connectivity index (χ2v) is 9.84. The summed E-state index contributed by atoms with van der Waals surface area (Å²) in [4.78, 5) is 17.2. The predicted octanol–water partition coefficient (Wildman–Crippen LogP) is 2.57. The van der Waals surface area contributed by atoms with Crippen LogP contribution in [-0.2, 0) is 32.4 Å². The molecule has 10 nitrogen and oxygen atoms in total. The number of carbonyl (C=O) groups is 1. The van der Waals surface area contributed by atoms with Gasteiger partial charge in [0.1, 0.15) is 23.4 Å². The number of phosphoric acid groups is 1. The molecule has 12 heteroatoms. The summed E-state index contributed by atoms with van der Waals surface area (Å²) in [5, 5.41) is 0. The number of ether oxygens (including phenoxy) is 2. The highest BCUT2D eigenvalue weighted by Crippen LogP contribution is 2.60. The van der Waals surface area contributed by atoms with Gasteiger partial charge >= 0.3 is 13.8 Å². The van der Waals surface area contributed by atoms with Crippen molar-refractivity contribution in [3.8, 4) is 0 Å². The number of carbonyl (C=O) groups excluding carboxylic acids is 1. The first kappa shape index (κ1) is 22.9. The summed E-state index contributed by atoms with van der Waals surface area (Å²) in [7, 11) is -4.18. The number of alkyl halides is 1. The summed E-state index contributed by atoms with van der Waals surface area (Å²) in [5.41, 5.74) is 3.67. The Balaban J connectivity index is 1.70. The van der Waals surface area contributed by atoms with Gasteiger partial charge in [0.05, 0.1) is 12.0 Å². The van der Waals surface area contributed by atoms with E-state index in [-0.39, 0.29) is 18.3 Å². The number of phosphoric ester groups is 1. The molecule has 0 spiro atoms. The van der Waals surface area contributed by atoms with E-state index in [1.54, 1.807) is 27.7 Å². The van der Waals surface area contributed by atoms with Gasteiger partial charge < -0.3 is 20.1 Å². The minimum absolute atomic E-state index is 0.196. The molecule has 168 valence electrons. The standard InChI is InChI=1S/C18H27FN3O7P/c1-6-18-9-26-30(24,27-10-25-16(23)17(3,4)5)29-14(18)13(19)15(28-18)22-8-7-12(20)21-11(22)2/h7-8,13-15H,2,6,9-10H2,1,3-5H3,(H2,20,21)/t13-,14?,15-,18-,30?/m1/s1. The summed E-state index contributed by atoms with van der Waals surface area (Å²) in [5.74, 6) is -0.131. The molecule has 0 aromatic heterocycles. The Morgan fingerprint density at radius 3 is 2.83 bits per heavy atom. The molecule has 2 saturated heterocycles. The lowest BCUT2D eigenvalue weighted by Gasteiger charge is -2.39. The summed E-state index contributed by atoms with van der Waals surface area (Å²) in [6.07, 6.45) is -0.785.